The van der Waals surface area contributed by atoms with E-state index in [0.717, 1.165) is 34.1 Å². The number of aromatic nitrogens is 2. The third kappa shape index (κ3) is 2.69. The molecule has 0 aliphatic carbocycles. The summed E-state index contributed by atoms with van der Waals surface area (Å²) in [7, 11) is 0. The van der Waals surface area contributed by atoms with Gasteiger partial charge in [-0.3, -0.25) is 0 Å². The van der Waals surface area contributed by atoms with E-state index in [1.165, 1.54) is 10.9 Å². The van der Waals surface area contributed by atoms with Gasteiger partial charge in [-0.2, -0.15) is 0 Å². The van der Waals surface area contributed by atoms with E-state index in [1.54, 1.807) is 0 Å². The normalized spacial score (nSPS) is 13.0. The Kier molecular flexibility index (Phi) is 3.74. The van der Waals surface area contributed by atoms with Gasteiger partial charge in [-0.1, -0.05) is 22.8 Å². The van der Waals surface area contributed by atoms with Crippen LogP contribution in [0.1, 0.15) is 35.5 Å². The SMILES string of the molecule is Cc1noc(C)c1C(C)NCc1c[nH]c2cc(Cl)ccc12. The monoisotopic (exact) mass is 303 g/mol. The Morgan fingerprint density at radius 3 is 2.90 bits per heavy atom. The number of hydrogen-bond donors (Lipinski definition) is 2. The van der Waals surface area contributed by atoms with Crippen molar-refractivity contribution in [3.05, 3.63) is 52.0 Å². The maximum Gasteiger partial charge on any atom is 0.138 e. The lowest BCUT2D eigenvalue weighted by molar-refractivity contribution is 0.390. The highest BCUT2D eigenvalue weighted by molar-refractivity contribution is 6.31. The van der Waals surface area contributed by atoms with Crippen molar-refractivity contribution < 1.29 is 4.52 Å². The molecule has 0 fully saturated rings. The van der Waals surface area contributed by atoms with Crippen LogP contribution in [-0.2, 0) is 6.54 Å². The van der Waals surface area contributed by atoms with E-state index >= 15 is 0 Å². The number of rotatable bonds is 4. The van der Waals surface area contributed by atoms with Crippen LogP contribution in [0.3, 0.4) is 0 Å². The molecule has 4 nitrogen and oxygen atoms in total. The van der Waals surface area contributed by atoms with E-state index in [9.17, 15) is 0 Å². The molecule has 2 N–H and O–H groups in total. The minimum Gasteiger partial charge on any atom is -0.361 e. The van der Waals surface area contributed by atoms with Crippen LogP contribution >= 0.6 is 11.6 Å². The first kappa shape index (κ1) is 14.2. The predicted molar refractivity (Wildman–Crippen MR) is 84.5 cm³/mol. The molecule has 1 unspecified atom stereocenters. The summed E-state index contributed by atoms with van der Waals surface area (Å²) < 4.78 is 5.23. The van der Waals surface area contributed by atoms with Crippen molar-refractivity contribution in [2.45, 2.75) is 33.4 Å². The summed E-state index contributed by atoms with van der Waals surface area (Å²) in [5.74, 6) is 0.873. The largest absolute Gasteiger partial charge is 0.361 e. The number of halogens is 1. The zero-order chi connectivity index (χ0) is 15.0. The van der Waals surface area contributed by atoms with Crippen LogP contribution < -0.4 is 5.32 Å². The van der Waals surface area contributed by atoms with E-state index in [4.69, 9.17) is 16.1 Å². The molecule has 0 amide bonds. The summed E-state index contributed by atoms with van der Waals surface area (Å²) in [5.41, 5.74) is 4.36. The molecule has 2 heterocycles. The Bertz CT molecular complexity index is 756. The summed E-state index contributed by atoms with van der Waals surface area (Å²) in [6.07, 6.45) is 2.02. The molecule has 2 aromatic heterocycles. The van der Waals surface area contributed by atoms with Gasteiger partial charge in [0.25, 0.3) is 0 Å². The number of aryl methyl sites for hydroxylation is 2. The molecule has 0 radical (unpaired) electrons. The van der Waals surface area contributed by atoms with E-state index in [2.05, 4.69) is 22.4 Å². The molecule has 0 aliphatic rings. The molecular weight excluding hydrogens is 286 g/mol. The van der Waals surface area contributed by atoms with Crippen molar-refractivity contribution in [3.8, 4) is 0 Å². The smallest absolute Gasteiger partial charge is 0.138 e. The second-order valence-corrected chi connectivity index (χ2v) is 5.78. The highest BCUT2D eigenvalue weighted by Gasteiger charge is 2.16. The number of fused-ring (bicyclic) bond motifs is 1. The van der Waals surface area contributed by atoms with Crippen LogP contribution in [0.5, 0.6) is 0 Å². The molecule has 0 aliphatic heterocycles. The lowest BCUT2D eigenvalue weighted by Gasteiger charge is -2.13. The van der Waals surface area contributed by atoms with Gasteiger partial charge in [-0.25, -0.2) is 0 Å². The van der Waals surface area contributed by atoms with E-state index in [0.29, 0.717) is 0 Å². The van der Waals surface area contributed by atoms with Gasteiger partial charge in [0.05, 0.1) is 5.69 Å². The Labute approximate surface area is 128 Å². The lowest BCUT2D eigenvalue weighted by Crippen LogP contribution is -2.18. The number of aromatic amines is 1. The van der Waals surface area contributed by atoms with Crippen LogP contribution in [0.2, 0.25) is 5.02 Å². The lowest BCUT2D eigenvalue weighted by atomic mass is 10.1. The van der Waals surface area contributed by atoms with Crippen molar-refractivity contribution in [2.75, 3.05) is 0 Å². The molecule has 3 rings (SSSR count). The van der Waals surface area contributed by atoms with Crippen molar-refractivity contribution in [1.82, 2.24) is 15.5 Å². The zero-order valence-electron chi connectivity index (χ0n) is 12.3. The van der Waals surface area contributed by atoms with Gasteiger partial charge >= 0.3 is 0 Å². The van der Waals surface area contributed by atoms with E-state index in [1.807, 2.05) is 38.2 Å². The van der Waals surface area contributed by atoms with Crippen molar-refractivity contribution >= 4 is 22.5 Å². The Morgan fingerprint density at radius 1 is 1.38 bits per heavy atom. The van der Waals surface area contributed by atoms with E-state index < -0.39 is 0 Å². The number of nitrogens with one attached hydrogen (secondary N) is 2. The molecule has 3 aromatic rings. The summed E-state index contributed by atoms with van der Waals surface area (Å²) in [6, 6.07) is 6.09. The van der Waals surface area contributed by atoms with Crippen LogP contribution in [0.25, 0.3) is 10.9 Å². The number of H-pyrrole nitrogens is 1. The Morgan fingerprint density at radius 2 is 2.19 bits per heavy atom. The molecule has 110 valence electrons. The molecule has 1 atom stereocenters. The molecule has 0 saturated heterocycles. The molecular formula is C16H18ClN3O. The van der Waals surface area contributed by atoms with Crippen molar-refractivity contribution in [3.63, 3.8) is 0 Å². The van der Waals surface area contributed by atoms with Crippen LogP contribution in [0.4, 0.5) is 0 Å². The van der Waals surface area contributed by atoms with Crippen LogP contribution in [-0.4, -0.2) is 10.1 Å². The van der Waals surface area contributed by atoms with Crippen molar-refractivity contribution in [1.29, 1.82) is 0 Å². The quantitative estimate of drug-likeness (QED) is 0.756. The zero-order valence-corrected chi connectivity index (χ0v) is 13.1. The van der Waals surface area contributed by atoms with Gasteiger partial charge in [-0.15, -0.1) is 0 Å². The summed E-state index contributed by atoms with van der Waals surface area (Å²) in [6.45, 7) is 6.81. The van der Waals surface area contributed by atoms with Crippen LogP contribution in [0, 0.1) is 13.8 Å². The van der Waals surface area contributed by atoms with Gasteiger partial charge in [0, 0.05) is 40.3 Å². The topological polar surface area (TPSA) is 53.9 Å². The number of nitrogens with zero attached hydrogens (tertiary/aromatic N) is 1. The van der Waals surface area contributed by atoms with E-state index in [-0.39, 0.29) is 6.04 Å². The molecule has 0 saturated carbocycles. The second-order valence-electron chi connectivity index (χ2n) is 5.34. The van der Waals surface area contributed by atoms with Gasteiger partial charge in [0.15, 0.2) is 0 Å². The highest BCUT2D eigenvalue weighted by atomic mass is 35.5. The van der Waals surface area contributed by atoms with Gasteiger partial charge in [0.2, 0.25) is 0 Å². The molecule has 0 bridgehead atoms. The first-order chi connectivity index (χ1) is 10.1. The minimum absolute atomic E-state index is 0.188. The second kappa shape index (κ2) is 5.54. The fourth-order valence-electron chi connectivity index (χ4n) is 2.78. The maximum absolute atomic E-state index is 6.00. The molecule has 0 spiro atoms. The average Bonchev–Trinajstić information content (AvgIpc) is 2.99. The highest BCUT2D eigenvalue weighted by Crippen LogP contribution is 2.24. The minimum atomic E-state index is 0.188. The number of benzene rings is 1. The summed E-state index contributed by atoms with van der Waals surface area (Å²) in [4.78, 5) is 3.25. The van der Waals surface area contributed by atoms with Gasteiger partial charge < -0.3 is 14.8 Å². The average molecular weight is 304 g/mol. The van der Waals surface area contributed by atoms with Gasteiger partial charge in [-0.05, 0) is 38.5 Å². The van der Waals surface area contributed by atoms with Gasteiger partial charge in [0.1, 0.15) is 5.76 Å². The fraction of sp³-hybridized carbons (Fsp3) is 0.312. The predicted octanol–water partition coefficient (Wildman–Crippen LogP) is 4.28. The standard InChI is InChI=1S/C16H18ClN3O/c1-9(16-10(2)20-21-11(16)3)18-7-12-8-19-15-6-13(17)4-5-14(12)15/h4-6,8-9,18-19H,7H2,1-3H3. The Hall–Kier alpha value is -1.78. The molecule has 5 heteroatoms. The third-order valence-electron chi connectivity index (χ3n) is 3.85. The summed E-state index contributed by atoms with van der Waals surface area (Å²) >= 11 is 6.00. The Balaban J connectivity index is 1.77. The number of hydrogen-bond acceptors (Lipinski definition) is 3. The molecule has 1 aromatic carbocycles. The first-order valence-electron chi connectivity index (χ1n) is 6.98. The first-order valence-corrected chi connectivity index (χ1v) is 7.35. The van der Waals surface area contributed by atoms with Crippen LogP contribution in [0.15, 0.2) is 28.9 Å². The third-order valence-corrected chi connectivity index (χ3v) is 4.08. The maximum atomic E-state index is 6.00. The summed E-state index contributed by atoms with van der Waals surface area (Å²) in [5, 5.41) is 9.46. The molecule has 21 heavy (non-hydrogen) atoms. The fourth-order valence-corrected chi connectivity index (χ4v) is 2.95. The van der Waals surface area contributed by atoms with Crippen molar-refractivity contribution in [2.24, 2.45) is 0 Å².